The number of nitrogens with one attached hydrogen (secondary N) is 2. The van der Waals surface area contributed by atoms with E-state index in [1.54, 1.807) is 0 Å². The second kappa shape index (κ2) is 5.08. The van der Waals surface area contributed by atoms with Gasteiger partial charge in [0.15, 0.2) is 9.84 Å². The summed E-state index contributed by atoms with van der Waals surface area (Å²) in [6, 6.07) is 3.75. The summed E-state index contributed by atoms with van der Waals surface area (Å²) in [6.45, 7) is 0.346. The first-order valence-corrected chi connectivity index (χ1v) is 7.69. The molecule has 1 aliphatic heterocycles. The van der Waals surface area contributed by atoms with Crippen molar-refractivity contribution in [2.75, 3.05) is 18.1 Å². The SMILES string of the molecule is CS(=O)(=O)c1cccc(NC2CNC(=O)C2)c1[N+](=O)[O-]. The molecule has 1 aliphatic rings. The van der Waals surface area contributed by atoms with Crippen molar-refractivity contribution in [3.05, 3.63) is 28.3 Å². The third-order valence-corrected chi connectivity index (χ3v) is 4.05. The van der Waals surface area contributed by atoms with Crippen LogP contribution in [0.4, 0.5) is 11.4 Å². The molecular weight excluding hydrogens is 286 g/mol. The highest BCUT2D eigenvalue weighted by atomic mass is 32.2. The van der Waals surface area contributed by atoms with E-state index < -0.39 is 20.4 Å². The third kappa shape index (κ3) is 2.87. The minimum Gasteiger partial charge on any atom is -0.374 e. The van der Waals surface area contributed by atoms with Gasteiger partial charge >= 0.3 is 5.69 Å². The minimum absolute atomic E-state index is 0.0967. The Morgan fingerprint density at radius 3 is 2.65 bits per heavy atom. The number of para-hydroxylation sites is 1. The lowest BCUT2D eigenvalue weighted by atomic mass is 10.2. The third-order valence-electron chi connectivity index (χ3n) is 2.92. The lowest BCUT2D eigenvalue weighted by molar-refractivity contribution is -0.386. The first-order valence-electron chi connectivity index (χ1n) is 5.79. The van der Waals surface area contributed by atoms with E-state index in [0.717, 1.165) is 6.26 Å². The molecule has 1 fully saturated rings. The monoisotopic (exact) mass is 299 g/mol. The van der Waals surface area contributed by atoms with Gasteiger partial charge in [0.25, 0.3) is 0 Å². The van der Waals surface area contributed by atoms with E-state index in [2.05, 4.69) is 10.6 Å². The highest BCUT2D eigenvalue weighted by Gasteiger charge is 2.29. The molecule has 2 N–H and O–H groups in total. The van der Waals surface area contributed by atoms with Gasteiger partial charge in [-0.15, -0.1) is 0 Å². The molecule has 0 spiro atoms. The van der Waals surface area contributed by atoms with Crippen LogP contribution in [0, 0.1) is 10.1 Å². The molecule has 20 heavy (non-hydrogen) atoms. The molecule has 0 aromatic heterocycles. The number of nitro groups is 1. The molecule has 0 radical (unpaired) electrons. The fourth-order valence-electron chi connectivity index (χ4n) is 2.05. The van der Waals surface area contributed by atoms with Crippen LogP contribution in [-0.2, 0) is 14.6 Å². The number of benzene rings is 1. The molecule has 0 bridgehead atoms. The highest BCUT2D eigenvalue weighted by molar-refractivity contribution is 7.90. The van der Waals surface area contributed by atoms with E-state index in [0.29, 0.717) is 6.54 Å². The summed E-state index contributed by atoms with van der Waals surface area (Å²) in [6.07, 6.45) is 1.11. The fourth-order valence-corrected chi connectivity index (χ4v) is 2.91. The van der Waals surface area contributed by atoms with Crippen molar-refractivity contribution >= 4 is 27.1 Å². The van der Waals surface area contributed by atoms with Crippen molar-refractivity contribution in [3.8, 4) is 0 Å². The smallest absolute Gasteiger partial charge is 0.310 e. The molecule has 1 amide bonds. The summed E-state index contributed by atoms with van der Waals surface area (Å²) in [5.74, 6) is -0.149. The second-order valence-corrected chi connectivity index (χ2v) is 6.52. The Morgan fingerprint density at radius 2 is 2.15 bits per heavy atom. The van der Waals surface area contributed by atoms with Crippen molar-refractivity contribution in [2.45, 2.75) is 17.4 Å². The van der Waals surface area contributed by atoms with Gasteiger partial charge in [-0.2, -0.15) is 0 Å². The molecule has 108 valence electrons. The number of amides is 1. The fraction of sp³-hybridized carbons (Fsp3) is 0.364. The lowest BCUT2D eigenvalue weighted by Crippen LogP contribution is -2.23. The number of carbonyl (C=O) groups excluding carboxylic acids is 1. The summed E-state index contributed by atoms with van der Waals surface area (Å²) in [5.41, 5.74) is -0.395. The molecule has 1 heterocycles. The standard InChI is InChI=1S/C11H13N3O5S/c1-20(18,19)9-4-2-3-8(11(9)14(16)17)13-7-5-10(15)12-6-7/h2-4,7,13H,5-6H2,1H3,(H,12,15). The number of anilines is 1. The normalized spacial score (nSPS) is 18.6. The van der Waals surface area contributed by atoms with Crippen LogP contribution in [-0.4, -0.2) is 38.1 Å². The van der Waals surface area contributed by atoms with Crippen LogP contribution in [0.25, 0.3) is 0 Å². The Balaban J connectivity index is 2.43. The zero-order valence-corrected chi connectivity index (χ0v) is 11.4. The zero-order chi connectivity index (χ0) is 14.9. The van der Waals surface area contributed by atoms with Gasteiger partial charge in [-0.25, -0.2) is 8.42 Å². The molecule has 1 atom stereocenters. The van der Waals surface area contributed by atoms with Gasteiger partial charge < -0.3 is 10.6 Å². The van der Waals surface area contributed by atoms with Crippen LogP contribution in [0.3, 0.4) is 0 Å². The second-order valence-electron chi connectivity index (χ2n) is 4.53. The first kappa shape index (κ1) is 14.3. The number of hydrogen-bond acceptors (Lipinski definition) is 6. The largest absolute Gasteiger partial charge is 0.374 e. The first-order chi connectivity index (χ1) is 9.29. The predicted octanol–water partition coefficient (Wildman–Crippen LogP) is 0.299. The maximum atomic E-state index is 11.6. The number of nitro benzene ring substituents is 1. The van der Waals surface area contributed by atoms with Crippen LogP contribution < -0.4 is 10.6 Å². The van der Waals surface area contributed by atoms with E-state index in [4.69, 9.17) is 0 Å². The predicted molar refractivity (Wildman–Crippen MR) is 71.2 cm³/mol. The number of hydrogen-bond donors (Lipinski definition) is 2. The Labute approximate surface area is 115 Å². The number of sulfone groups is 1. The van der Waals surface area contributed by atoms with Gasteiger partial charge in [0.05, 0.1) is 11.0 Å². The van der Waals surface area contributed by atoms with Crippen molar-refractivity contribution in [1.29, 1.82) is 0 Å². The summed E-state index contributed by atoms with van der Waals surface area (Å²) in [4.78, 5) is 21.2. The van der Waals surface area contributed by atoms with Crippen molar-refractivity contribution in [3.63, 3.8) is 0 Å². The molecule has 9 heteroatoms. The van der Waals surface area contributed by atoms with E-state index >= 15 is 0 Å². The Hall–Kier alpha value is -2.16. The molecule has 1 aromatic rings. The average molecular weight is 299 g/mol. The topological polar surface area (TPSA) is 118 Å². The Kier molecular flexibility index (Phi) is 3.62. The van der Waals surface area contributed by atoms with E-state index in [1.165, 1.54) is 18.2 Å². The van der Waals surface area contributed by atoms with Crippen LogP contribution in [0.1, 0.15) is 6.42 Å². The van der Waals surface area contributed by atoms with Gasteiger partial charge in [0.2, 0.25) is 5.91 Å². The van der Waals surface area contributed by atoms with Crippen molar-refractivity contribution < 1.29 is 18.1 Å². The van der Waals surface area contributed by atoms with Gasteiger partial charge in [-0.1, -0.05) is 6.07 Å². The lowest BCUT2D eigenvalue weighted by Gasteiger charge is -2.13. The van der Waals surface area contributed by atoms with Crippen molar-refractivity contribution in [2.24, 2.45) is 0 Å². The number of rotatable bonds is 4. The molecular formula is C11H13N3O5S. The van der Waals surface area contributed by atoms with Crippen molar-refractivity contribution in [1.82, 2.24) is 5.32 Å². The van der Waals surface area contributed by atoms with Crippen LogP contribution in [0.2, 0.25) is 0 Å². The Bertz CT molecular complexity index is 671. The van der Waals surface area contributed by atoms with Crippen LogP contribution >= 0.6 is 0 Å². The van der Waals surface area contributed by atoms with E-state index in [1.807, 2.05) is 0 Å². The molecule has 0 aliphatic carbocycles. The summed E-state index contributed by atoms with van der Waals surface area (Å²) >= 11 is 0. The highest BCUT2D eigenvalue weighted by Crippen LogP contribution is 2.32. The Morgan fingerprint density at radius 1 is 1.45 bits per heavy atom. The average Bonchev–Trinajstić information content (AvgIpc) is 2.73. The quantitative estimate of drug-likeness (QED) is 0.609. The minimum atomic E-state index is -3.71. The summed E-state index contributed by atoms with van der Waals surface area (Å²) < 4.78 is 23.2. The zero-order valence-electron chi connectivity index (χ0n) is 10.6. The molecule has 2 rings (SSSR count). The van der Waals surface area contributed by atoms with Gasteiger partial charge in [0.1, 0.15) is 10.6 Å². The molecule has 8 nitrogen and oxygen atoms in total. The number of nitrogens with zero attached hydrogens (tertiary/aromatic N) is 1. The van der Waals surface area contributed by atoms with Crippen LogP contribution in [0.15, 0.2) is 23.1 Å². The van der Waals surface area contributed by atoms with E-state index in [-0.39, 0.29) is 29.0 Å². The maximum absolute atomic E-state index is 11.6. The summed E-state index contributed by atoms with van der Waals surface area (Å²) in [5, 5.41) is 16.6. The van der Waals surface area contributed by atoms with Gasteiger partial charge in [0, 0.05) is 19.2 Å². The molecule has 0 saturated carbocycles. The molecule has 1 aromatic carbocycles. The summed E-state index contributed by atoms with van der Waals surface area (Å²) in [7, 11) is -3.71. The maximum Gasteiger partial charge on any atom is 0.310 e. The number of carbonyl (C=O) groups is 1. The van der Waals surface area contributed by atoms with Crippen LogP contribution in [0.5, 0.6) is 0 Å². The molecule has 1 saturated heterocycles. The van der Waals surface area contributed by atoms with Gasteiger partial charge in [-0.05, 0) is 12.1 Å². The van der Waals surface area contributed by atoms with E-state index in [9.17, 15) is 23.3 Å². The van der Waals surface area contributed by atoms with Gasteiger partial charge in [-0.3, -0.25) is 14.9 Å². The molecule has 1 unspecified atom stereocenters.